The fourth-order valence-electron chi connectivity index (χ4n) is 4.62. The molecular weight excluding hydrogens is 508 g/mol. The summed E-state index contributed by atoms with van der Waals surface area (Å²) in [6.07, 6.45) is -1.32. The number of hydrogen-bond donors (Lipinski definition) is 3. The number of aryl methyl sites for hydroxylation is 1. The van der Waals surface area contributed by atoms with Crippen molar-refractivity contribution in [1.29, 1.82) is 0 Å². The number of halogens is 1. The van der Waals surface area contributed by atoms with Gasteiger partial charge in [0.25, 0.3) is 0 Å². The third-order valence-electron chi connectivity index (χ3n) is 6.20. The SMILES string of the molecule is COC(=O)c1cc2c(c(O)c1[C@H](C)OC(=O)CO)C(=O)c1c(O)cc3cc(C)c(Cl)c(OC)c3c1C2=O. The van der Waals surface area contributed by atoms with Crippen molar-refractivity contribution in [2.24, 2.45) is 0 Å². The summed E-state index contributed by atoms with van der Waals surface area (Å²) >= 11 is 6.41. The zero-order valence-corrected chi connectivity index (χ0v) is 20.8. The second-order valence-corrected chi connectivity index (χ2v) is 8.71. The number of ether oxygens (including phenoxy) is 3. The number of benzene rings is 3. The Morgan fingerprint density at radius 2 is 1.70 bits per heavy atom. The van der Waals surface area contributed by atoms with E-state index in [0.29, 0.717) is 10.9 Å². The highest BCUT2D eigenvalue weighted by atomic mass is 35.5. The quantitative estimate of drug-likeness (QED) is 0.328. The molecule has 3 aromatic carbocycles. The van der Waals surface area contributed by atoms with Gasteiger partial charge in [-0.1, -0.05) is 11.6 Å². The van der Waals surface area contributed by atoms with Crippen molar-refractivity contribution >= 4 is 45.9 Å². The molecule has 0 fully saturated rings. The van der Waals surface area contributed by atoms with Crippen LogP contribution in [0.25, 0.3) is 10.8 Å². The lowest BCUT2D eigenvalue weighted by Crippen LogP contribution is -2.25. The molecule has 1 atom stereocenters. The molecule has 3 N–H and O–H groups in total. The first-order valence-electron chi connectivity index (χ1n) is 10.9. The highest BCUT2D eigenvalue weighted by Crippen LogP contribution is 2.47. The number of aliphatic hydroxyl groups is 1. The van der Waals surface area contributed by atoms with Crippen LogP contribution in [0.5, 0.6) is 17.2 Å². The molecule has 192 valence electrons. The van der Waals surface area contributed by atoms with Crippen LogP contribution < -0.4 is 4.74 Å². The molecule has 1 aliphatic carbocycles. The number of rotatable bonds is 5. The molecule has 0 saturated carbocycles. The van der Waals surface area contributed by atoms with Crippen molar-refractivity contribution in [3.8, 4) is 17.2 Å². The van der Waals surface area contributed by atoms with Gasteiger partial charge in [0.05, 0.1) is 35.9 Å². The van der Waals surface area contributed by atoms with Crippen molar-refractivity contribution < 1.29 is 48.7 Å². The fraction of sp³-hybridized carbons (Fsp3) is 0.231. The summed E-state index contributed by atoms with van der Waals surface area (Å²) in [5, 5.41) is 31.7. The average Bonchev–Trinajstić information content (AvgIpc) is 2.86. The van der Waals surface area contributed by atoms with Gasteiger partial charge >= 0.3 is 11.9 Å². The number of phenolic OH excluding ortho intramolecular Hbond substituents is 2. The topological polar surface area (TPSA) is 157 Å². The van der Waals surface area contributed by atoms with Gasteiger partial charge in [-0.05, 0) is 43.0 Å². The summed E-state index contributed by atoms with van der Waals surface area (Å²) in [5.41, 5.74) is -1.50. The summed E-state index contributed by atoms with van der Waals surface area (Å²) in [4.78, 5) is 51.8. The number of phenols is 2. The smallest absolute Gasteiger partial charge is 0.338 e. The van der Waals surface area contributed by atoms with E-state index in [9.17, 15) is 29.4 Å². The molecule has 0 amide bonds. The second-order valence-electron chi connectivity index (χ2n) is 8.33. The molecule has 37 heavy (non-hydrogen) atoms. The monoisotopic (exact) mass is 528 g/mol. The summed E-state index contributed by atoms with van der Waals surface area (Å²) in [5.74, 6) is -4.98. The maximum absolute atomic E-state index is 13.9. The van der Waals surface area contributed by atoms with Crippen LogP contribution in [0, 0.1) is 6.92 Å². The molecule has 0 bridgehead atoms. The number of esters is 2. The van der Waals surface area contributed by atoms with Crippen LogP contribution in [0.15, 0.2) is 18.2 Å². The molecule has 1 aliphatic rings. The highest BCUT2D eigenvalue weighted by molar-refractivity contribution is 6.38. The van der Waals surface area contributed by atoms with Crippen molar-refractivity contribution in [2.45, 2.75) is 20.0 Å². The van der Waals surface area contributed by atoms with E-state index in [4.69, 9.17) is 30.9 Å². The minimum absolute atomic E-state index is 0.107. The molecule has 0 unspecified atom stereocenters. The van der Waals surface area contributed by atoms with E-state index in [2.05, 4.69) is 0 Å². The Hall–Kier alpha value is -4.15. The van der Waals surface area contributed by atoms with Gasteiger partial charge < -0.3 is 29.5 Å². The number of carbonyl (C=O) groups is 4. The van der Waals surface area contributed by atoms with Gasteiger partial charge in [0, 0.05) is 22.1 Å². The van der Waals surface area contributed by atoms with E-state index in [1.165, 1.54) is 20.1 Å². The van der Waals surface area contributed by atoms with Crippen LogP contribution in [-0.4, -0.2) is 59.7 Å². The molecule has 0 aromatic heterocycles. The molecule has 11 heteroatoms. The molecule has 0 aliphatic heterocycles. The number of methoxy groups -OCH3 is 2. The predicted octanol–water partition coefficient (Wildman–Crippen LogP) is 3.38. The average molecular weight is 529 g/mol. The van der Waals surface area contributed by atoms with E-state index in [1.807, 2.05) is 0 Å². The van der Waals surface area contributed by atoms with Crippen molar-refractivity contribution in [3.05, 3.63) is 62.2 Å². The van der Waals surface area contributed by atoms with Crippen LogP contribution in [0.2, 0.25) is 5.02 Å². The number of fused-ring (bicyclic) bond motifs is 4. The van der Waals surface area contributed by atoms with Crippen LogP contribution in [0.4, 0.5) is 0 Å². The molecular formula is C26H21ClO10. The standard InChI is InChI=1S/C26H21ClO10/c1-9-5-11-6-14(29)19-20(17(11)25(35-3)21(9)27)22(31)12-7-13(26(34)36-4)16(10(2)37-15(30)8-28)23(32)18(12)24(19)33/h5-7,10,28-29,32H,8H2,1-4H3/t10-/m0/s1. The zero-order chi connectivity index (χ0) is 27.3. The van der Waals surface area contributed by atoms with Crippen LogP contribution >= 0.6 is 11.6 Å². The van der Waals surface area contributed by atoms with E-state index in [-0.39, 0.29) is 38.4 Å². The first kappa shape index (κ1) is 25.9. The van der Waals surface area contributed by atoms with Crippen LogP contribution in [0.1, 0.15) is 66.4 Å². The van der Waals surface area contributed by atoms with Gasteiger partial charge in [-0.25, -0.2) is 9.59 Å². The Labute approximate surface area is 214 Å². The highest BCUT2D eigenvalue weighted by Gasteiger charge is 2.40. The Morgan fingerprint density at radius 3 is 2.30 bits per heavy atom. The molecule has 0 saturated heterocycles. The van der Waals surface area contributed by atoms with Gasteiger partial charge in [-0.2, -0.15) is 0 Å². The van der Waals surface area contributed by atoms with Gasteiger partial charge in [0.1, 0.15) is 30.0 Å². The molecule has 3 aromatic rings. The van der Waals surface area contributed by atoms with Crippen molar-refractivity contribution in [3.63, 3.8) is 0 Å². The van der Waals surface area contributed by atoms with E-state index in [0.717, 1.165) is 13.2 Å². The van der Waals surface area contributed by atoms with Gasteiger partial charge in [0.15, 0.2) is 5.78 Å². The van der Waals surface area contributed by atoms with E-state index >= 15 is 0 Å². The minimum Gasteiger partial charge on any atom is -0.507 e. The molecule has 0 heterocycles. The van der Waals surface area contributed by atoms with Gasteiger partial charge in [-0.15, -0.1) is 0 Å². The Morgan fingerprint density at radius 1 is 1.03 bits per heavy atom. The largest absolute Gasteiger partial charge is 0.507 e. The van der Waals surface area contributed by atoms with Crippen molar-refractivity contribution in [2.75, 3.05) is 20.8 Å². The summed E-state index contributed by atoms with van der Waals surface area (Å²) in [6, 6.07) is 3.95. The summed E-state index contributed by atoms with van der Waals surface area (Å²) < 4.78 is 15.3. The third-order valence-corrected chi connectivity index (χ3v) is 6.67. The first-order valence-corrected chi connectivity index (χ1v) is 11.3. The number of carbonyl (C=O) groups excluding carboxylic acids is 4. The third kappa shape index (κ3) is 3.85. The van der Waals surface area contributed by atoms with Crippen molar-refractivity contribution in [1.82, 2.24) is 0 Å². The number of ketones is 2. The van der Waals surface area contributed by atoms with E-state index < -0.39 is 58.8 Å². The first-order chi connectivity index (χ1) is 17.5. The lowest BCUT2D eigenvalue weighted by atomic mass is 9.78. The molecule has 0 radical (unpaired) electrons. The molecule has 4 rings (SSSR count). The minimum atomic E-state index is -1.32. The fourth-order valence-corrected chi connectivity index (χ4v) is 4.84. The lowest BCUT2D eigenvalue weighted by molar-refractivity contribution is -0.151. The Balaban J connectivity index is 2.10. The van der Waals surface area contributed by atoms with E-state index in [1.54, 1.807) is 13.0 Å². The lowest BCUT2D eigenvalue weighted by Gasteiger charge is -2.26. The van der Waals surface area contributed by atoms with Crippen LogP contribution in [-0.2, 0) is 14.3 Å². The number of aromatic hydroxyl groups is 2. The molecule has 10 nitrogen and oxygen atoms in total. The normalized spacial score (nSPS) is 13.1. The van der Waals surface area contributed by atoms with Gasteiger partial charge in [-0.3, -0.25) is 9.59 Å². The summed E-state index contributed by atoms with van der Waals surface area (Å²) in [6.45, 7) is 2.03. The number of hydrogen-bond acceptors (Lipinski definition) is 10. The van der Waals surface area contributed by atoms with Crippen LogP contribution in [0.3, 0.4) is 0 Å². The maximum Gasteiger partial charge on any atom is 0.338 e. The van der Waals surface area contributed by atoms with Gasteiger partial charge in [0.2, 0.25) is 5.78 Å². The number of aliphatic hydroxyl groups excluding tert-OH is 1. The molecule has 0 spiro atoms. The maximum atomic E-state index is 13.9. The predicted molar refractivity (Wildman–Crippen MR) is 130 cm³/mol. The Kier molecular flexibility index (Phi) is 6.57. The Bertz CT molecular complexity index is 1540. The zero-order valence-electron chi connectivity index (χ0n) is 20.1. The summed E-state index contributed by atoms with van der Waals surface area (Å²) in [7, 11) is 2.40. The second kappa shape index (κ2) is 9.38.